The lowest BCUT2D eigenvalue weighted by Crippen LogP contribution is -2.60. The molecule has 3 aliphatic heterocycles. The molecule has 1 aromatic heterocycles. The third-order valence-corrected chi connectivity index (χ3v) is 9.87. The molecule has 9 nitrogen and oxygen atoms in total. The van der Waals surface area contributed by atoms with E-state index >= 15 is 0 Å². The number of piperidine rings is 1. The van der Waals surface area contributed by atoms with Crippen LogP contribution in [0.2, 0.25) is 0 Å². The van der Waals surface area contributed by atoms with Gasteiger partial charge in [0.2, 0.25) is 10.0 Å². The number of fused-ring (bicyclic) bond motifs is 2. The molecule has 0 unspecified atom stereocenters. The van der Waals surface area contributed by atoms with Crippen molar-refractivity contribution in [2.75, 3.05) is 73.3 Å². The Morgan fingerprint density at radius 1 is 1.02 bits per heavy atom. The lowest BCUT2D eigenvalue weighted by atomic mass is 9.72. The topological polar surface area (TPSA) is 90.9 Å². The van der Waals surface area contributed by atoms with Gasteiger partial charge < -0.3 is 14.5 Å². The third-order valence-electron chi connectivity index (χ3n) is 8.62. The minimum atomic E-state index is -4.27. The number of halogens is 3. The Kier molecular flexibility index (Phi) is 7.69. The van der Waals surface area contributed by atoms with E-state index in [2.05, 4.69) is 35.5 Å². The van der Waals surface area contributed by atoms with E-state index < -0.39 is 22.6 Å². The molecule has 1 N–H and O–H groups in total. The van der Waals surface area contributed by atoms with E-state index in [1.54, 1.807) is 19.2 Å². The Balaban J connectivity index is 1.10. The zero-order valence-electron chi connectivity index (χ0n) is 23.5. The summed E-state index contributed by atoms with van der Waals surface area (Å²) in [5.74, 6) is 0.738. The Hall–Kier alpha value is -3.16. The van der Waals surface area contributed by atoms with Crippen molar-refractivity contribution in [3.8, 4) is 0 Å². The number of anilines is 3. The lowest BCUT2D eigenvalue weighted by molar-refractivity contribution is -0.127. The first-order valence-corrected chi connectivity index (χ1v) is 15.8. The fourth-order valence-electron chi connectivity index (χ4n) is 6.38. The SMILES string of the molecule is COCCN1CCS(=O)(=O)Nc2ccc(CN3CCC4(CC3)CN(c3ncnc5ccc(CC(F)(F)F)cc35)C4)cc21. The number of benzene rings is 2. The summed E-state index contributed by atoms with van der Waals surface area (Å²) in [5.41, 5.74) is 3.64. The van der Waals surface area contributed by atoms with Gasteiger partial charge in [-0.15, -0.1) is 0 Å². The largest absolute Gasteiger partial charge is 0.393 e. The smallest absolute Gasteiger partial charge is 0.383 e. The average molecular weight is 605 g/mol. The van der Waals surface area contributed by atoms with Gasteiger partial charge in [0.25, 0.3) is 0 Å². The highest BCUT2D eigenvalue weighted by Gasteiger charge is 2.45. The molecule has 1 spiro atoms. The molecule has 2 fully saturated rings. The van der Waals surface area contributed by atoms with E-state index in [0.717, 1.165) is 56.8 Å². The second-order valence-electron chi connectivity index (χ2n) is 11.7. The number of alkyl halides is 3. The van der Waals surface area contributed by atoms with E-state index in [-0.39, 0.29) is 16.7 Å². The molecule has 0 amide bonds. The van der Waals surface area contributed by atoms with E-state index in [0.29, 0.717) is 42.1 Å². The molecule has 3 aromatic rings. The number of nitrogens with one attached hydrogen (secondary N) is 1. The Morgan fingerprint density at radius 3 is 2.52 bits per heavy atom. The predicted molar refractivity (Wildman–Crippen MR) is 156 cm³/mol. The lowest BCUT2D eigenvalue weighted by Gasteiger charge is -2.54. The number of nitrogens with zero attached hydrogens (tertiary/aromatic N) is 5. The van der Waals surface area contributed by atoms with Crippen LogP contribution in [0.1, 0.15) is 24.0 Å². The summed E-state index contributed by atoms with van der Waals surface area (Å²) in [4.78, 5) is 15.4. The number of sulfonamides is 1. The summed E-state index contributed by atoms with van der Waals surface area (Å²) in [6, 6.07) is 10.6. The molecule has 2 aromatic carbocycles. The third kappa shape index (κ3) is 6.28. The molecule has 3 aliphatic rings. The minimum absolute atomic E-state index is 0.0332. The number of methoxy groups -OCH3 is 1. The van der Waals surface area contributed by atoms with Crippen LogP contribution in [0, 0.1) is 5.41 Å². The zero-order valence-corrected chi connectivity index (χ0v) is 24.3. The van der Waals surface area contributed by atoms with E-state index in [1.165, 1.54) is 12.4 Å². The van der Waals surface area contributed by atoms with Crippen molar-refractivity contribution >= 4 is 38.1 Å². The van der Waals surface area contributed by atoms with Crippen molar-refractivity contribution < 1.29 is 26.3 Å². The van der Waals surface area contributed by atoms with Crippen molar-refractivity contribution in [1.29, 1.82) is 0 Å². The van der Waals surface area contributed by atoms with Gasteiger partial charge in [0.15, 0.2) is 0 Å². The van der Waals surface area contributed by atoms with Crippen molar-refractivity contribution in [2.45, 2.75) is 32.0 Å². The van der Waals surface area contributed by atoms with Crippen molar-refractivity contribution in [2.24, 2.45) is 5.41 Å². The van der Waals surface area contributed by atoms with Crippen LogP contribution in [0.25, 0.3) is 10.9 Å². The predicted octanol–water partition coefficient (Wildman–Crippen LogP) is 4.05. The molecular formula is C29H35F3N6O3S. The van der Waals surface area contributed by atoms with Crippen LogP contribution in [0.3, 0.4) is 0 Å². The van der Waals surface area contributed by atoms with E-state index in [1.807, 2.05) is 12.1 Å². The van der Waals surface area contributed by atoms with Gasteiger partial charge in [-0.3, -0.25) is 9.62 Å². The van der Waals surface area contributed by atoms with E-state index in [9.17, 15) is 21.6 Å². The molecule has 4 heterocycles. The van der Waals surface area contributed by atoms with Gasteiger partial charge in [-0.25, -0.2) is 18.4 Å². The van der Waals surface area contributed by atoms with Crippen molar-refractivity contribution in [1.82, 2.24) is 14.9 Å². The summed E-state index contributed by atoms with van der Waals surface area (Å²) in [5, 5.41) is 0.663. The van der Waals surface area contributed by atoms with Crippen LogP contribution >= 0.6 is 0 Å². The number of hydrogen-bond acceptors (Lipinski definition) is 8. The average Bonchev–Trinajstić information content (AvgIpc) is 3.04. The van der Waals surface area contributed by atoms with Crippen LogP contribution < -0.4 is 14.5 Å². The molecule has 226 valence electrons. The van der Waals surface area contributed by atoms with Crippen LogP contribution in [0.4, 0.5) is 30.4 Å². The molecular weight excluding hydrogens is 569 g/mol. The maximum absolute atomic E-state index is 13.0. The fraction of sp³-hybridized carbons (Fsp3) is 0.517. The standard InChI is InChI=1S/C29H35F3N6O3S/c1-41-12-10-37-11-13-42(39,40)35-25-5-3-22(15-26(25)37)17-36-8-6-28(7-9-36)18-38(19-28)27-23-14-21(16-29(30,31)32)2-4-24(23)33-20-34-27/h2-5,14-15,20,35H,6-13,16-19H2,1H3. The second kappa shape index (κ2) is 11.2. The number of ether oxygens (including phenoxy) is 1. The number of aromatic nitrogens is 2. The van der Waals surface area contributed by atoms with Gasteiger partial charge in [-0.2, -0.15) is 13.2 Å². The van der Waals surface area contributed by atoms with Gasteiger partial charge in [-0.1, -0.05) is 12.1 Å². The summed E-state index contributed by atoms with van der Waals surface area (Å²) < 4.78 is 71.7. The van der Waals surface area contributed by atoms with Crippen LogP contribution in [-0.2, 0) is 27.7 Å². The Labute approximate surface area is 243 Å². The first-order chi connectivity index (χ1) is 20.0. The van der Waals surface area contributed by atoms with Crippen LogP contribution in [0.5, 0.6) is 0 Å². The number of hydrogen-bond donors (Lipinski definition) is 1. The molecule has 0 atom stereocenters. The molecule has 2 saturated heterocycles. The van der Waals surface area contributed by atoms with Gasteiger partial charge in [-0.05, 0) is 61.3 Å². The summed E-state index contributed by atoms with van der Waals surface area (Å²) in [6.45, 7) is 5.82. The summed E-state index contributed by atoms with van der Waals surface area (Å²) in [7, 11) is -1.75. The summed E-state index contributed by atoms with van der Waals surface area (Å²) >= 11 is 0. The maximum Gasteiger partial charge on any atom is 0.393 e. The number of likely N-dealkylation sites (tertiary alicyclic amines) is 1. The highest BCUT2D eigenvalue weighted by molar-refractivity contribution is 7.92. The molecule has 0 bridgehead atoms. The monoisotopic (exact) mass is 604 g/mol. The van der Waals surface area contributed by atoms with Crippen LogP contribution in [0.15, 0.2) is 42.7 Å². The maximum atomic E-state index is 13.0. The first kappa shape index (κ1) is 28.9. The molecule has 42 heavy (non-hydrogen) atoms. The molecule has 6 rings (SSSR count). The zero-order chi connectivity index (χ0) is 29.5. The Morgan fingerprint density at radius 2 is 1.79 bits per heavy atom. The van der Waals surface area contributed by atoms with Gasteiger partial charge in [0.05, 0.1) is 35.7 Å². The minimum Gasteiger partial charge on any atom is -0.383 e. The van der Waals surface area contributed by atoms with Crippen molar-refractivity contribution in [3.05, 3.63) is 53.9 Å². The second-order valence-corrected chi connectivity index (χ2v) is 13.6. The quantitative estimate of drug-likeness (QED) is 0.432. The number of rotatable bonds is 7. The van der Waals surface area contributed by atoms with Gasteiger partial charge in [0, 0.05) is 50.6 Å². The molecule has 0 saturated carbocycles. The summed E-state index contributed by atoms with van der Waals surface area (Å²) in [6.07, 6.45) is -1.71. The highest BCUT2D eigenvalue weighted by atomic mass is 32.2. The van der Waals surface area contributed by atoms with Crippen molar-refractivity contribution in [3.63, 3.8) is 0 Å². The normalized spacial score (nSPS) is 20.2. The van der Waals surface area contributed by atoms with Gasteiger partial charge >= 0.3 is 6.18 Å². The fourth-order valence-corrected chi connectivity index (χ4v) is 7.45. The molecule has 0 aliphatic carbocycles. The highest BCUT2D eigenvalue weighted by Crippen LogP contribution is 2.44. The molecule has 0 radical (unpaired) electrons. The Bertz CT molecular complexity index is 1550. The molecule has 13 heteroatoms. The van der Waals surface area contributed by atoms with Gasteiger partial charge in [0.1, 0.15) is 12.1 Å². The van der Waals surface area contributed by atoms with E-state index in [4.69, 9.17) is 4.74 Å². The first-order valence-electron chi connectivity index (χ1n) is 14.2. The van der Waals surface area contributed by atoms with Crippen LogP contribution in [-0.4, -0.2) is 88.2 Å².